The van der Waals surface area contributed by atoms with E-state index in [-0.39, 0.29) is 34.7 Å². The smallest absolute Gasteiger partial charge is 0.314 e. The monoisotopic (exact) mass is 327 g/mol. The molecule has 0 saturated carbocycles. The van der Waals surface area contributed by atoms with Crippen LogP contribution in [0, 0.1) is 10.1 Å². The van der Waals surface area contributed by atoms with E-state index in [1.165, 1.54) is 11.3 Å². The summed E-state index contributed by atoms with van der Waals surface area (Å²) in [5, 5.41) is 14.3. The zero-order valence-electron chi connectivity index (χ0n) is 10.7. The number of nitro groups is 1. The highest BCUT2D eigenvalue weighted by atomic mass is 35.5. The molecule has 1 atom stereocenters. The molecule has 0 aliphatic carbocycles. The fraction of sp³-hybridized carbons (Fsp3) is 0.636. The van der Waals surface area contributed by atoms with Crippen LogP contribution in [-0.2, 0) is 0 Å². The number of halogens is 2. The summed E-state index contributed by atoms with van der Waals surface area (Å²) in [6.45, 7) is 6.18. The maximum atomic E-state index is 10.7. The van der Waals surface area contributed by atoms with E-state index in [0.717, 1.165) is 37.5 Å². The Kier molecular flexibility index (Phi) is 8.52. The Hall–Kier alpha value is -0.400. The molecule has 19 heavy (non-hydrogen) atoms. The molecule has 1 aromatic heterocycles. The Bertz CT molecular complexity index is 397. The lowest BCUT2D eigenvalue weighted by Crippen LogP contribution is -2.44. The summed E-state index contributed by atoms with van der Waals surface area (Å²) in [4.78, 5) is 13.9. The molecule has 1 N–H and O–H groups in total. The van der Waals surface area contributed by atoms with Crippen molar-refractivity contribution in [1.29, 1.82) is 0 Å². The first-order valence-corrected chi connectivity index (χ1v) is 6.73. The van der Waals surface area contributed by atoms with Crippen molar-refractivity contribution in [2.45, 2.75) is 19.4 Å². The summed E-state index contributed by atoms with van der Waals surface area (Å²) in [7, 11) is 0. The number of hydrogen-bond donors (Lipinski definition) is 1. The zero-order chi connectivity index (χ0) is 12.3. The van der Waals surface area contributed by atoms with Gasteiger partial charge < -0.3 is 5.32 Å². The topological polar surface area (TPSA) is 58.4 Å². The van der Waals surface area contributed by atoms with Crippen LogP contribution in [0.2, 0.25) is 0 Å². The zero-order valence-corrected chi connectivity index (χ0v) is 13.2. The van der Waals surface area contributed by atoms with Crippen LogP contribution in [-0.4, -0.2) is 36.0 Å². The normalized spacial score (nSPS) is 17.1. The second-order valence-electron chi connectivity index (χ2n) is 4.14. The van der Waals surface area contributed by atoms with Gasteiger partial charge in [0.25, 0.3) is 0 Å². The van der Waals surface area contributed by atoms with Crippen molar-refractivity contribution >= 4 is 41.2 Å². The van der Waals surface area contributed by atoms with E-state index >= 15 is 0 Å². The first-order valence-electron chi connectivity index (χ1n) is 5.91. The third kappa shape index (κ3) is 4.57. The summed E-state index contributed by atoms with van der Waals surface area (Å²) in [5.41, 5.74) is 0. The molecule has 1 fully saturated rings. The molecule has 0 radical (unpaired) electrons. The van der Waals surface area contributed by atoms with Gasteiger partial charge in [-0.2, -0.15) is 0 Å². The van der Waals surface area contributed by atoms with Crippen LogP contribution in [0.4, 0.5) is 5.00 Å². The van der Waals surface area contributed by atoms with Crippen LogP contribution in [0.15, 0.2) is 12.1 Å². The molecule has 5 nitrogen and oxygen atoms in total. The molecule has 110 valence electrons. The molecule has 0 spiro atoms. The standard InChI is InChI=1S/C11H17N3O2S.2ClH/c1-2-9(13-7-5-12-6-8-13)10-3-4-11(17-10)14(15)16;;/h3-4,9,12H,2,5-8H2,1H3;2*1H/t9-;;/m0../s1. The fourth-order valence-electron chi connectivity index (χ4n) is 2.25. The van der Waals surface area contributed by atoms with Gasteiger partial charge in [-0.25, -0.2) is 0 Å². The minimum atomic E-state index is -0.307. The van der Waals surface area contributed by atoms with E-state index < -0.39 is 0 Å². The largest absolute Gasteiger partial charge is 0.324 e. The van der Waals surface area contributed by atoms with Gasteiger partial charge in [-0.05, 0) is 12.5 Å². The highest BCUT2D eigenvalue weighted by Gasteiger charge is 2.23. The molecular formula is C11H19Cl2N3O2S. The third-order valence-corrected chi connectivity index (χ3v) is 4.24. The van der Waals surface area contributed by atoms with Crippen LogP contribution < -0.4 is 5.32 Å². The van der Waals surface area contributed by atoms with Crippen LogP contribution >= 0.6 is 36.2 Å². The van der Waals surface area contributed by atoms with E-state index in [4.69, 9.17) is 0 Å². The van der Waals surface area contributed by atoms with Crippen molar-refractivity contribution in [2.24, 2.45) is 0 Å². The Morgan fingerprint density at radius 2 is 2.05 bits per heavy atom. The minimum Gasteiger partial charge on any atom is -0.314 e. The number of nitrogens with zero attached hydrogens (tertiary/aromatic N) is 2. The molecule has 0 amide bonds. The van der Waals surface area contributed by atoms with Crippen LogP contribution in [0.3, 0.4) is 0 Å². The van der Waals surface area contributed by atoms with Crippen molar-refractivity contribution in [1.82, 2.24) is 10.2 Å². The predicted octanol–water partition coefficient (Wildman–Crippen LogP) is 2.86. The molecule has 2 heterocycles. The van der Waals surface area contributed by atoms with Gasteiger partial charge in [-0.3, -0.25) is 15.0 Å². The van der Waals surface area contributed by atoms with Gasteiger partial charge >= 0.3 is 5.00 Å². The van der Waals surface area contributed by atoms with Crippen molar-refractivity contribution in [3.63, 3.8) is 0 Å². The molecule has 2 rings (SSSR count). The van der Waals surface area contributed by atoms with Crippen LogP contribution in [0.5, 0.6) is 0 Å². The van der Waals surface area contributed by atoms with Gasteiger partial charge in [-0.1, -0.05) is 18.3 Å². The number of nitrogens with one attached hydrogen (secondary N) is 1. The number of thiophene rings is 1. The van der Waals surface area contributed by atoms with Crippen molar-refractivity contribution in [3.8, 4) is 0 Å². The van der Waals surface area contributed by atoms with Crippen molar-refractivity contribution in [2.75, 3.05) is 26.2 Å². The first kappa shape index (κ1) is 18.6. The van der Waals surface area contributed by atoms with E-state index in [0.29, 0.717) is 6.04 Å². The maximum Gasteiger partial charge on any atom is 0.324 e. The number of rotatable bonds is 4. The van der Waals surface area contributed by atoms with E-state index in [2.05, 4.69) is 17.1 Å². The van der Waals surface area contributed by atoms with Gasteiger partial charge in [0.05, 0.1) is 4.92 Å². The molecule has 0 bridgehead atoms. The Morgan fingerprint density at radius 3 is 2.53 bits per heavy atom. The highest BCUT2D eigenvalue weighted by molar-refractivity contribution is 7.15. The quantitative estimate of drug-likeness (QED) is 0.682. The molecule has 1 aliphatic rings. The lowest BCUT2D eigenvalue weighted by atomic mass is 10.1. The minimum absolute atomic E-state index is 0. The molecule has 1 aromatic rings. The van der Waals surface area contributed by atoms with Crippen molar-refractivity contribution in [3.05, 3.63) is 27.1 Å². The van der Waals surface area contributed by atoms with E-state index in [9.17, 15) is 10.1 Å². The van der Waals surface area contributed by atoms with Gasteiger partial charge in [0.15, 0.2) is 0 Å². The number of hydrogen-bond acceptors (Lipinski definition) is 5. The lowest BCUT2D eigenvalue weighted by molar-refractivity contribution is -0.380. The summed E-state index contributed by atoms with van der Waals surface area (Å²) >= 11 is 1.31. The third-order valence-electron chi connectivity index (χ3n) is 3.10. The van der Waals surface area contributed by atoms with Crippen LogP contribution in [0.1, 0.15) is 24.3 Å². The average Bonchev–Trinajstić information content (AvgIpc) is 2.81. The summed E-state index contributed by atoms with van der Waals surface area (Å²) in [6.07, 6.45) is 0.998. The average molecular weight is 328 g/mol. The van der Waals surface area contributed by atoms with E-state index in [1.54, 1.807) is 6.07 Å². The molecular weight excluding hydrogens is 309 g/mol. The van der Waals surface area contributed by atoms with Gasteiger partial charge in [-0.15, -0.1) is 24.8 Å². The molecule has 1 saturated heterocycles. The molecule has 0 unspecified atom stereocenters. The molecule has 1 aliphatic heterocycles. The Balaban J connectivity index is 0.00000162. The first-order chi connectivity index (χ1) is 8.22. The second kappa shape index (κ2) is 8.71. The summed E-state index contributed by atoms with van der Waals surface area (Å²) in [5.74, 6) is 0. The van der Waals surface area contributed by atoms with E-state index in [1.807, 2.05) is 6.07 Å². The van der Waals surface area contributed by atoms with Crippen LogP contribution in [0.25, 0.3) is 0 Å². The molecule has 8 heteroatoms. The predicted molar refractivity (Wildman–Crippen MR) is 82.9 cm³/mol. The molecule has 0 aromatic carbocycles. The van der Waals surface area contributed by atoms with Gasteiger partial charge in [0.1, 0.15) is 0 Å². The lowest BCUT2D eigenvalue weighted by Gasteiger charge is -2.33. The Labute approximate surface area is 129 Å². The second-order valence-corrected chi connectivity index (χ2v) is 5.24. The summed E-state index contributed by atoms with van der Waals surface area (Å²) < 4.78 is 0. The maximum absolute atomic E-state index is 10.7. The van der Waals surface area contributed by atoms with Crippen molar-refractivity contribution < 1.29 is 4.92 Å². The fourth-order valence-corrected chi connectivity index (χ4v) is 3.29. The van der Waals surface area contributed by atoms with Gasteiger partial charge in [0, 0.05) is 43.2 Å². The summed E-state index contributed by atoms with van der Waals surface area (Å²) in [6, 6.07) is 3.85. The number of piperazine rings is 1. The van der Waals surface area contributed by atoms with Gasteiger partial charge in [0.2, 0.25) is 0 Å². The Morgan fingerprint density at radius 1 is 1.42 bits per heavy atom. The SMILES string of the molecule is CC[C@@H](c1ccc([N+](=O)[O-])s1)N1CCNCC1.Cl.Cl. The highest BCUT2D eigenvalue weighted by Crippen LogP contribution is 2.33.